The lowest BCUT2D eigenvalue weighted by Crippen LogP contribution is -2.03. The molecule has 0 unspecified atom stereocenters. The zero-order chi connectivity index (χ0) is 16.2. The summed E-state index contributed by atoms with van der Waals surface area (Å²) < 4.78 is 0. The van der Waals surface area contributed by atoms with Crippen LogP contribution in [0.2, 0.25) is 0 Å². The molecule has 0 aliphatic carbocycles. The van der Waals surface area contributed by atoms with Gasteiger partial charge in [-0.2, -0.15) is 0 Å². The van der Waals surface area contributed by atoms with Gasteiger partial charge in [-0.05, 0) is 42.2 Å². The van der Waals surface area contributed by atoms with Crippen molar-refractivity contribution in [3.8, 4) is 11.1 Å². The molecule has 0 radical (unpaired) electrons. The van der Waals surface area contributed by atoms with Crippen LogP contribution in [-0.2, 0) is 6.42 Å². The SMILES string of the molecule is Cc1ccc(-c2cncc(CC(=O)c3ccccc3)c2)cc1C. The van der Waals surface area contributed by atoms with E-state index in [-0.39, 0.29) is 5.78 Å². The van der Waals surface area contributed by atoms with Crippen LogP contribution in [-0.4, -0.2) is 10.8 Å². The minimum absolute atomic E-state index is 0.115. The molecule has 1 heterocycles. The minimum Gasteiger partial charge on any atom is -0.294 e. The maximum absolute atomic E-state index is 12.3. The van der Waals surface area contributed by atoms with E-state index in [2.05, 4.69) is 43.1 Å². The Labute approximate surface area is 136 Å². The molecule has 2 nitrogen and oxygen atoms in total. The molecule has 3 rings (SSSR count). The summed E-state index contributed by atoms with van der Waals surface area (Å²) in [7, 11) is 0. The van der Waals surface area contributed by atoms with Crippen molar-refractivity contribution in [2.24, 2.45) is 0 Å². The second-order valence-electron chi connectivity index (χ2n) is 5.85. The number of Topliss-reactive ketones (excluding diaryl/α,β-unsaturated/α-hetero) is 1. The Morgan fingerprint density at radius 2 is 1.65 bits per heavy atom. The van der Waals surface area contributed by atoms with E-state index in [1.165, 1.54) is 11.1 Å². The molecule has 0 N–H and O–H groups in total. The highest BCUT2D eigenvalue weighted by Gasteiger charge is 2.08. The van der Waals surface area contributed by atoms with E-state index in [0.29, 0.717) is 6.42 Å². The molecular weight excluding hydrogens is 282 g/mol. The smallest absolute Gasteiger partial charge is 0.167 e. The van der Waals surface area contributed by atoms with Gasteiger partial charge in [0.05, 0.1) is 0 Å². The van der Waals surface area contributed by atoms with Crippen LogP contribution >= 0.6 is 0 Å². The Balaban J connectivity index is 1.85. The normalized spacial score (nSPS) is 10.5. The summed E-state index contributed by atoms with van der Waals surface area (Å²) in [6.07, 6.45) is 3.99. The van der Waals surface area contributed by atoms with Crippen molar-refractivity contribution in [3.05, 3.63) is 89.2 Å². The van der Waals surface area contributed by atoms with E-state index < -0.39 is 0 Å². The summed E-state index contributed by atoms with van der Waals surface area (Å²) in [5.74, 6) is 0.115. The number of aromatic nitrogens is 1. The molecule has 0 bridgehead atoms. The highest BCUT2D eigenvalue weighted by atomic mass is 16.1. The van der Waals surface area contributed by atoms with Crippen LogP contribution < -0.4 is 0 Å². The topological polar surface area (TPSA) is 30.0 Å². The number of pyridine rings is 1. The maximum Gasteiger partial charge on any atom is 0.167 e. The van der Waals surface area contributed by atoms with Crippen LogP contribution in [0.15, 0.2) is 67.0 Å². The highest BCUT2D eigenvalue weighted by molar-refractivity contribution is 5.97. The number of carbonyl (C=O) groups excluding carboxylic acids is 1. The van der Waals surface area contributed by atoms with Gasteiger partial charge in [-0.3, -0.25) is 9.78 Å². The molecule has 0 aliphatic rings. The maximum atomic E-state index is 12.3. The third kappa shape index (κ3) is 3.54. The van der Waals surface area contributed by atoms with Gasteiger partial charge >= 0.3 is 0 Å². The van der Waals surface area contributed by atoms with Gasteiger partial charge in [0.25, 0.3) is 0 Å². The van der Waals surface area contributed by atoms with Crippen LogP contribution in [0.25, 0.3) is 11.1 Å². The fourth-order valence-electron chi connectivity index (χ4n) is 2.57. The lowest BCUT2D eigenvalue weighted by molar-refractivity contribution is 0.0993. The van der Waals surface area contributed by atoms with Crippen molar-refractivity contribution in [1.82, 2.24) is 4.98 Å². The second kappa shape index (κ2) is 6.57. The molecule has 23 heavy (non-hydrogen) atoms. The molecular formula is C21H19NO. The van der Waals surface area contributed by atoms with E-state index in [9.17, 15) is 4.79 Å². The monoisotopic (exact) mass is 301 g/mol. The van der Waals surface area contributed by atoms with Crippen LogP contribution in [0.5, 0.6) is 0 Å². The summed E-state index contributed by atoms with van der Waals surface area (Å²) in [5, 5.41) is 0. The van der Waals surface area contributed by atoms with Gasteiger partial charge in [0.2, 0.25) is 0 Å². The molecule has 3 aromatic rings. The molecule has 0 saturated carbocycles. The highest BCUT2D eigenvalue weighted by Crippen LogP contribution is 2.22. The number of benzene rings is 2. The number of ketones is 1. The fraction of sp³-hybridized carbons (Fsp3) is 0.143. The summed E-state index contributed by atoms with van der Waals surface area (Å²) in [5.41, 5.74) is 6.39. The summed E-state index contributed by atoms with van der Waals surface area (Å²) in [6, 6.07) is 17.8. The van der Waals surface area contributed by atoms with E-state index in [4.69, 9.17) is 0 Å². The van der Waals surface area contributed by atoms with Crippen LogP contribution in [0, 0.1) is 13.8 Å². The molecule has 2 heteroatoms. The largest absolute Gasteiger partial charge is 0.294 e. The molecule has 0 saturated heterocycles. The van der Waals surface area contributed by atoms with E-state index in [0.717, 1.165) is 22.3 Å². The van der Waals surface area contributed by atoms with Gasteiger partial charge in [0, 0.05) is 29.9 Å². The van der Waals surface area contributed by atoms with E-state index in [1.807, 2.05) is 36.5 Å². The third-order valence-electron chi connectivity index (χ3n) is 4.10. The second-order valence-corrected chi connectivity index (χ2v) is 5.85. The quantitative estimate of drug-likeness (QED) is 0.648. The lowest BCUT2D eigenvalue weighted by Gasteiger charge is -2.07. The predicted molar refractivity (Wildman–Crippen MR) is 93.6 cm³/mol. The summed E-state index contributed by atoms with van der Waals surface area (Å²) >= 11 is 0. The number of hydrogen-bond acceptors (Lipinski definition) is 2. The molecule has 0 fully saturated rings. The van der Waals surface area contributed by atoms with Crippen LogP contribution in [0.4, 0.5) is 0 Å². The van der Waals surface area contributed by atoms with Gasteiger partial charge in [0.15, 0.2) is 5.78 Å². The first-order valence-electron chi connectivity index (χ1n) is 7.73. The van der Waals surface area contributed by atoms with Crippen molar-refractivity contribution in [2.45, 2.75) is 20.3 Å². The Hall–Kier alpha value is -2.74. The fourth-order valence-corrected chi connectivity index (χ4v) is 2.57. The molecule has 2 aromatic carbocycles. The van der Waals surface area contributed by atoms with Gasteiger partial charge in [-0.15, -0.1) is 0 Å². The predicted octanol–water partition coefficient (Wildman–Crippen LogP) is 4.79. The van der Waals surface area contributed by atoms with Gasteiger partial charge in [0.1, 0.15) is 0 Å². The first kappa shape index (κ1) is 15.2. The summed E-state index contributed by atoms with van der Waals surface area (Å²) in [4.78, 5) is 16.6. The molecule has 1 aromatic heterocycles. The van der Waals surface area contributed by atoms with Gasteiger partial charge in [-0.1, -0.05) is 48.5 Å². The number of carbonyl (C=O) groups is 1. The van der Waals surface area contributed by atoms with Gasteiger partial charge in [-0.25, -0.2) is 0 Å². The first-order chi connectivity index (χ1) is 11.1. The van der Waals surface area contributed by atoms with Crippen LogP contribution in [0.3, 0.4) is 0 Å². The standard InChI is InChI=1S/C21H19NO/c1-15-8-9-19(10-16(15)2)20-11-17(13-22-14-20)12-21(23)18-6-4-3-5-7-18/h3-11,13-14H,12H2,1-2H3. The number of nitrogens with zero attached hydrogens (tertiary/aromatic N) is 1. The number of rotatable bonds is 4. The zero-order valence-corrected chi connectivity index (χ0v) is 13.4. The average molecular weight is 301 g/mol. The molecule has 0 amide bonds. The Bertz CT molecular complexity index is 837. The third-order valence-corrected chi connectivity index (χ3v) is 4.10. The van der Waals surface area contributed by atoms with E-state index >= 15 is 0 Å². The minimum atomic E-state index is 0.115. The molecule has 0 spiro atoms. The van der Waals surface area contributed by atoms with Crippen molar-refractivity contribution < 1.29 is 4.79 Å². The Morgan fingerprint density at radius 1 is 0.870 bits per heavy atom. The first-order valence-corrected chi connectivity index (χ1v) is 7.73. The summed E-state index contributed by atoms with van der Waals surface area (Å²) in [6.45, 7) is 4.21. The van der Waals surface area contributed by atoms with Crippen molar-refractivity contribution in [1.29, 1.82) is 0 Å². The zero-order valence-electron chi connectivity index (χ0n) is 13.4. The van der Waals surface area contributed by atoms with Crippen molar-refractivity contribution >= 4 is 5.78 Å². The van der Waals surface area contributed by atoms with E-state index in [1.54, 1.807) is 6.20 Å². The molecule has 0 atom stereocenters. The van der Waals surface area contributed by atoms with Gasteiger partial charge < -0.3 is 0 Å². The Morgan fingerprint density at radius 3 is 2.39 bits per heavy atom. The lowest BCUT2D eigenvalue weighted by atomic mass is 9.99. The van der Waals surface area contributed by atoms with Crippen molar-refractivity contribution in [2.75, 3.05) is 0 Å². The van der Waals surface area contributed by atoms with Crippen LogP contribution in [0.1, 0.15) is 27.0 Å². The number of hydrogen-bond donors (Lipinski definition) is 0. The Kier molecular flexibility index (Phi) is 4.33. The average Bonchev–Trinajstić information content (AvgIpc) is 2.58. The number of aryl methyl sites for hydroxylation is 2. The molecule has 0 aliphatic heterocycles. The molecule has 114 valence electrons. The van der Waals surface area contributed by atoms with Crippen molar-refractivity contribution in [3.63, 3.8) is 0 Å².